The molecule has 2 aromatic carbocycles. The van der Waals surface area contributed by atoms with Crippen LogP contribution in [-0.4, -0.2) is 63.7 Å². The number of hydrogen-bond donors (Lipinski definition) is 1. The van der Waals surface area contributed by atoms with Gasteiger partial charge in [0.2, 0.25) is 0 Å². The molecule has 0 aliphatic rings. The number of hydrogen-bond acceptors (Lipinski definition) is 10. The predicted octanol–water partition coefficient (Wildman–Crippen LogP) is 3.89. The number of aryl methyl sites for hydroxylation is 3. The number of unbranched alkanes of at least 4 members (excludes halogenated alkanes) is 2. The van der Waals surface area contributed by atoms with Crippen LogP contribution < -0.4 is 9.64 Å². The minimum Gasteiger partial charge on any atom is -0.474 e. The van der Waals surface area contributed by atoms with Crippen LogP contribution in [0.1, 0.15) is 61.6 Å². The number of carboxylic acid groups (broad SMARTS) is 1. The number of ether oxygens (including phenoxy) is 3. The molecule has 0 unspecified atom stereocenters. The molecule has 0 saturated heterocycles. The van der Waals surface area contributed by atoms with E-state index in [2.05, 4.69) is 5.10 Å². The van der Waals surface area contributed by atoms with Crippen LogP contribution in [0.2, 0.25) is 0 Å². The lowest BCUT2D eigenvalue weighted by molar-refractivity contribution is -0.157. The third-order valence-corrected chi connectivity index (χ3v) is 6.35. The topological polar surface area (TPSA) is 171 Å². The van der Waals surface area contributed by atoms with Crippen LogP contribution in [0.15, 0.2) is 30.3 Å². The van der Waals surface area contributed by atoms with E-state index in [9.17, 15) is 33.9 Å². The molecule has 2 amide bonds. The second kappa shape index (κ2) is 14.2. The summed E-state index contributed by atoms with van der Waals surface area (Å²) in [6, 6.07) is 7.55. The van der Waals surface area contributed by atoms with Gasteiger partial charge in [0.1, 0.15) is 11.5 Å². The first-order chi connectivity index (χ1) is 20.4. The van der Waals surface area contributed by atoms with Gasteiger partial charge in [0.05, 0.1) is 30.1 Å². The number of amides is 2. The predicted molar refractivity (Wildman–Crippen MR) is 153 cm³/mol. The highest BCUT2D eigenvalue weighted by atomic mass is 16.5. The molecule has 0 radical (unpaired) electrons. The number of benzene rings is 2. The van der Waals surface area contributed by atoms with Gasteiger partial charge in [0, 0.05) is 5.39 Å². The van der Waals surface area contributed by atoms with Gasteiger partial charge in [0.25, 0.3) is 0 Å². The minimum atomic E-state index is -1.63. The Morgan fingerprint density at radius 2 is 1.44 bits per heavy atom. The van der Waals surface area contributed by atoms with Crippen molar-refractivity contribution >= 4 is 52.2 Å². The van der Waals surface area contributed by atoms with Gasteiger partial charge in [-0.15, -0.1) is 0 Å². The highest BCUT2D eigenvalue weighted by Crippen LogP contribution is 2.35. The van der Waals surface area contributed by atoms with E-state index in [0.29, 0.717) is 50.5 Å². The number of esters is 2. The van der Waals surface area contributed by atoms with E-state index in [0.717, 1.165) is 23.9 Å². The van der Waals surface area contributed by atoms with E-state index in [1.54, 1.807) is 32.0 Å². The lowest BCUT2D eigenvalue weighted by atomic mass is 10.1. The third-order valence-electron chi connectivity index (χ3n) is 6.35. The number of nitrogens with zero attached hydrogens (tertiary/aromatic N) is 3. The molecular formula is C30H33N3O10. The molecule has 3 rings (SSSR count). The number of anilines is 1. The number of rotatable bonds is 9. The maximum absolute atomic E-state index is 12.8. The molecule has 0 saturated carbocycles. The monoisotopic (exact) mass is 595 g/mol. The molecule has 0 aliphatic carbocycles. The van der Waals surface area contributed by atoms with Crippen molar-refractivity contribution in [1.29, 1.82) is 0 Å². The summed E-state index contributed by atoms with van der Waals surface area (Å²) >= 11 is 0. The van der Waals surface area contributed by atoms with Crippen molar-refractivity contribution in [1.82, 2.24) is 9.78 Å². The summed E-state index contributed by atoms with van der Waals surface area (Å²) in [6.45, 7) is 8.08. The number of carboxylic acids is 1. The summed E-state index contributed by atoms with van der Waals surface area (Å²) in [5.41, 5.74) is 1.71. The van der Waals surface area contributed by atoms with E-state index in [1.165, 1.54) is 26.0 Å². The summed E-state index contributed by atoms with van der Waals surface area (Å²) in [4.78, 5) is 74.2. The van der Waals surface area contributed by atoms with Gasteiger partial charge >= 0.3 is 35.6 Å². The second-order valence-corrected chi connectivity index (χ2v) is 9.50. The quantitative estimate of drug-likeness (QED) is 0.216. The second-order valence-electron chi connectivity index (χ2n) is 9.50. The lowest BCUT2D eigenvalue weighted by Crippen LogP contribution is -2.46. The molecule has 0 spiro atoms. The van der Waals surface area contributed by atoms with Gasteiger partial charge in [-0.25, -0.2) is 19.3 Å². The van der Waals surface area contributed by atoms with Gasteiger partial charge in [-0.1, -0.05) is 19.8 Å². The van der Waals surface area contributed by atoms with E-state index < -0.39 is 35.6 Å². The average molecular weight is 596 g/mol. The Balaban J connectivity index is 2.03. The van der Waals surface area contributed by atoms with Crippen LogP contribution in [0.4, 0.5) is 5.69 Å². The van der Waals surface area contributed by atoms with Gasteiger partial charge in [-0.2, -0.15) is 9.78 Å². The van der Waals surface area contributed by atoms with Crippen molar-refractivity contribution in [2.75, 3.05) is 18.1 Å². The highest BCUT2D eigenvalue weighted by Gasteiger charge is 2.35. The van der Waals surface area contributed by atoms with Gasteiger partial charge in [-0.3, -0.25) is 14.4 Å². The van der Waals surface area contributed by atoms with Crippen LogP contribution in [-0.2, 0) is 39.9 Å². The Labute approximate surface area is 247 Å². The smallest absolute Gasteiger partial charge is 0.397 e. The van der Waals surface area contributed by atoms with Crippen LogP contribution in [0.25, 0.3) is 10.9 Å². The minimum absolute atomic E-state index is 0.0689. The molecule has 43 heavy (non-hydrogen) atoms. The molecule has 13 nitrogen and oxygen atoms in total. The maximum Gasteiger partial charge on any atom is 0.397 e. The Bertz CT molecular complexity index is 1540. The Morgan fingerprint density at radius 3 is 1.95 bits per heavy atom. The molecule has 228 valence electrons. The summed E-state index contributed by atoms with van der Waals surface area (Å²) < 4.78 is 16.5. The van der Waals surface area contributed by atoms with Crippen molar-refractivity contribution < 1.29 is 48.1 Å². The number of carbonyl (C=O) groups is 6. The summed E-state index contributed by atoms with van der Waals surface area (Å²) in [7, 11) is 0. The Hall–Kier alpha value is -5.07. The lowest BCUT2D eigenvalue weighted by Gasteiger charge is -2.21. The standard InChI is InChI=1S/C30H33N3O10/c1-6-9-10-11-22-21-16-20(12-13-23(21)33(31-22)25(34)28(37)38)43-24-17(4)14-19(15-18(24)5)32(26(35)29(39)41-7-2)27(36)30(40)42-8-3/h12-16H,6-11H2,1-5H3,(H,37,38). The molecule has 0 fully saturated rings. The number of carbonyl (C=O) groups excluding carboxylic acids is 5. The van der Waals surface area contributed by atoms with E-state index in [4.69, 9.17) is 14.2 Å². The summed E-state index contributed by atoms with van der Waals surface area (Å²) in [6.07, 6.45) is 3.21. The summed E-state index contributed by atoms with van der Waals surface area (Å²) in [5.74, 6) is -7.46. The fourth-order valence-corrected chi connectivity index (χ4v) is 4.43. The Kier molecular flexibility index (Phi) is 10.7. The molecule has 3 aromatic rings. The normalized spacial score (nSPS) is 10.7. The molecule has 1 aromatic heterocycles. The molecule has 0 atom stereocenters. The van der Waals surface area contributed by atoms with Crippen LogP contribution >= 0.6 is 0 Å². The zero-order chi connectivity index (χ0) is 31.8. The SMILES string of the molecule is CCCCCc1nn(C(=O)C(=O)O)c2ccc(Oc3c(C)cc(N(C(=O)C(=O)OCC)C(=O)C(=O)OCC)cc3C)cc12. The van der Waals surface area contributed by atoms with Gasteiger partial charge < -0.3 is 19.3 Å². The van der Waals surface area contributed by atoms with Gasteiger partial charge in [-0.05, 0) is 82.0 Å². The molecule has 1 heterocycles. The van der Waals surface area contributed by atoms with E-state index >= 15 is 0 Å². The number of aromatic nitrogens is 2. The molecule has 0 aliphatic heterocycles. The highest BCUT2D eigenvalue weighted by molar-refractivity contribution is 6.52. The molecular weight excluding hydrogens is 562 g/mol. The van der Waals surface area contributed by atoms with E-state index in [-0.39, 0.29) is 18.9 Å². The number of fused-ring (bicyclic) bond motifs is 1. The van der Waals surface area contributed by atoms with Crippen LogP contribution in [0.3, 0.4) is 0 Å². The fourth-order valence-electron chi connectivity index (χ4n) is 4.43. The molecule has 13 heteroatoms. The van der Waals surface area contributed by atoms with Crippen LogP contribution in [0, 0.1) is 13.8 Å². The van der Waals surface area contributed by atoms with Crippen molar-refractivity contribution in [2.45, 2.75) is 60.3 Å². The molecule has 1 N–H and O–H groups in total. The number of aliphatic carboxylic acids is 1. The third kappa shape index (κ3) is 7.23. The largest absolute Gasteiger partial charge is 0.474 e. The Morgan fingerprint density at radius 1 is 0.860 bits per heavy atom. The summed E-state index contributed by atoms with van der Waals surface area (Å²) in [5, 5.41) is 14.1. The van der Waals surface area contributed by atoms with Crippen LogP contribution in [0.5, 0.6) is 11.5 Å². The zero-order valence-electron chi connectivity index (χ0n) is 24.6. The fraction of sp³-hybridized carbons (Fsp3) is 0.367. The maximum atomic E-state index is 12.8. The van der Waals surface area contributed by atoms with Crippen molar-refractivity contribution in [3.8, 4) is 11.5 Å². The zero-order valence-corrected chi connectivity index (χ0v) is 24.6. The first-order valence-electron chi connectivity index (χ1n) is 13.8. The first kappa shape index (κ1) is 32.4. The van der Waals surface area contributed by atoms with Crippen molar-refractivity contribution in [3.63, 3.8) is 0 Å². The van der Waals surface area contributed by atoms with Gasteiger partial charge in [0.15, 0.2) is 0 Å². The average Bonchev–Trinajstić information content (AvgIpc) is 3.32. The van der Waals surface area contributed by atoms with Crippen molar-refractivity contribution in [3.05, 3.63) is 47.2 Å². The number of imide groups is 1. The molecule has 0 bridgehead atoms. The van der Waals surface area contributed by atoms with E-state index in [1.807, 2.05) is 6.92 Å². The first-order valence-corrected chi connectivity index (χ1v) is 13.8. The van der Waals surface area contributed by atoms with Crippen molar-refractivity contribution in [2.24, 2.45) is 0 Å².